The van der Waals surface area contributed by atoms with Gasteiger partial charge in [0.2, 0.25) is 0 Å². The van der Waals surface area contributed by atoms with Crippen molar-refractivity contribution in [3.8, 4) is 0 Å². The SMILES string of the molecule is [CaH2].[Mn+2].[O-2].[Pr]. The van der Waals surface area contributed by atoms with Crippen LogP contribution in [0.3, 0.4) is 0 Å². The van der Waals surface area contributed by atoms with Gasteiger partial charge in [0.25, 0.3) is 0 Å². The van der Waals surface area contributed by atoms with Crippen molar-refractivity contribution in [3.05, 3.63) is 0 Å². The van der Waals surface area contributed by atoms with Crippen LogP contribution in [0.15, 0.2) is 0 Å². The summed E-state index contributed by atoms with van der Waals surface area (Å²) in [6, 6.07) is 0. The van der Waals surface area contributed by atoms with E-state index in [9.17, 15) is 0 Å². The van der Waals surface area contributed by atoms with Crippen LogP contribution in [0.1, 0.15) is 0 Å². The predicted molar refractivity (Wildman–Crippen MR) is 9.23 cm³/mol. The Labute approximate surface area is 99.0 Å². The van der Waals surface area contributed by atoms with E-state index in [1.807, 2.05) is 0 Å². The average Bonchev–Trinajstić information content (AvgIpc) is 0. The average molecular weight is 254 g/mol. The number of hydrogen-bond donors (Lipinski definition) is 0. The van der Waals surface area contributed by atoms with Gasteiger partial charge in [-0.15, -0.1) is 0 Å². The van der Waals surface area contributed by atoms with Crippen molar-refractivity contribution in [2.75, 3.05) is 0 Å². The Morgan fingerprint density at radius 3 is 1.00 bits per heavy atom. The topological polar surface area (TPSA) is 28.5 Å². The van der Waals surface area contributed by atoms with Crippen LogP contribution < -0.4 is 0 Å². The van der Waals surface area contributed by atoms with Crippen LogP contribution in [0, 0.1) is 41.3 Å². The molecular formula is H2CaMnOPr. The van der Waals surface area contributed by atoms with Gasteiger partial charge in [-0.25, -0.2) is 0 Å². The number of hydrogen-bond acceptors (Lipinski definition) is 0. The third kappa shape index (κ3) is 8.92. The van der Waals surface area contributed by atoms with Crippen LogP contribution in [0.4, 0.5) is 0 Å². The van der Waals surface area contributed by atoms with Gasteiger partial charge < -0.3 is 5.48 Å². The van der Waals surface area contributed by atoms with Crippen LogP contribution >= 0.6 is 0 Å². The molecule has 4 heteroatoms. The van der Waals surface area contributed by atoms with Gasteiger partial charge in [0.05, 0.1) is 0 Å². The van der Waals surface area contributed by atoms with Gasteiger partial charge in [0.1, 0.15) is 0 Å². The molecule has 0 rings (SSSR count). The minimum Gasteiger partial charge on any atom is -2.00 e. The van der Waals surface area contributed by atoms with Crippen molar-refractivity contribution >= 4 is 37.7 Å². The molecule has 0 aliphatic carbocycles. The molecule has 20 valence electrons. The van der Waals surface area contributed by atoms with Crippen molar-refractivity contribution in [2.45, 2.75) is 0 Å². The Hall–Kier alpha value is 3.10. The molecule has 0 heterocycles. The molecule has 0 saturated heterocycles. The van der Waals surface area contributed by atoms with Crippen LogP contribution in [-0.2, 0) is 22.5 Å². The first-order valence-corrected chi connectivity index (χ1v) is 0. The summed E-state index contributed by atoms with van der Waals surface area (Å²) in [5, 5.41) is 0. The third-order valence-electron chi connectivity index (χ3n) is 0. The zero-order valence-corrected chi connectivity index (χ0v) is 6.25. The smallest absolute Gasteiger partial charge is 2.00 e. The Balaban J connectivity index is 0. The van der Waals surface area contributed by atoms with Crippen molar-refractivity contribution in [2.24, 2.45) is 0 Å². The molecule has 0 bridgehead atoms. The molecule has 1 nitrogen and oxygen atoms in total. The summed E-state index contributed by atoms with van der Waals surface area (Å²) in [7, 11) is 0. The van der Waals surface area contributed by atoms with Gasteiger partial charge in [-0.3, -0.25) is 0 Å². The van der Waals surface area contributed by atoms with Crippen LogP contribution in [0.2, 0.25) is 0 Å². The van der Waals surface area contributed by atoms with Crippen LogP contribution in [0.25, 0.3) is 0 Å². The Kier molecular flexibility index (Phi) is 113. The van der Waals surface area contributed by atoms with E-state index in [0.29, 0.717) is 0 Å². The molecule has 4 heavy (non-hydrogen) atoms. The fourth-order valence-electron chi connectivity index (χ4n) is 0. The maximum Gasteiger partial charge on any atom is 2.00 e. The summed E-state index contributed by atoms with van der Waals surface area (Å²) in [5.41, 5.74) is 0. The van der Waals surface area contributed by atoms with Crippen molar-refractivity contribution in [1.82, 2.24) is 0 Å². The molecule has 0 unspecified atom stereocenters. The second-order valence-electron chi connectivity index (χ2n) is 0. The molecule has 2 radical (unpaired) electrons. The van der Waals surface area contributed by atoms with Gasteiger partial charge >= 0.3 is 54.8 Å². The van der Waals surface area contributed by atoms with Gasteiger partial charge in [-0.1, -0.05) is 0 Å². The molecule has 0 N–H and O–H groups in total. The van der Waals surface area contributed by atoms with E-state index in [2.05, 4.69) is 0 Å². The van der Waals surface area contributed by atoms with Crippen molar-refractivity contribution in [3.63, 3.8) is 0 Å². The minimum atomic E-state index is 0. The van der Waals surface area contributed by atoms with E-state index < -0.39 is 0 Å². The maximum absolute atomic E-state index is 0. The Morgan fingerprint density at radius 1 is 1.00 bits per heavy atom. The van der Waals surface area contributed by atoms with E-state index in [0.717, 1.165) is 0 Å². The zero-order chi connectivity index (χ0) is 0. The summed E-state index contributed by atoms with van der Waals surface area (Å²) in [5.74, 6) is 0. The molecule has 0 aromatic heterocycles. The zero-order valence-electron chi connectivity index (χ0n) is 1.36. The fourth-order valence-corrected chi connectivity index (χ4v) is 0. The molecular weight excluding hydrogens is 252 g/mol. The first-order chi connectivity index (χ1) is 0. The molecule has 0 amide bonds. The van der Waals surface area contributed by atoms with E-state index in [4.69, 9.17) is 0 Å². The Morgan fingerprint density at radius 2 is 1.00 bits per heavy atom. The number of rotatable bonds is 0. The van der Waals surface area contributed by atoms with Crippen molar-refractivity contribution < 1.29 is 63.8 Å². The summed E-state index contributed by atoms with van der Waals surface area (Å²) in [6.07, 6.45) is 0. The first-order valence-electron chi connectivity index (χ1n) is 0. The van der Waals surface area contributed by atoms with E-state index in [1.165, 1.54) is 0 Å². The van der Waals surface area contributed by atoms with Gasteiger partial charge in [0.15, 0.2) is 0 Å². The second kappa shape index (κ2) is 16.5. The molecule has 0 aromatic rings. The monoisotopic (exact) mass is 254 g/mol. The standard InChI is InChI=1S/Ca.Mn.O.Pr.2H/q;+2;-2;;;. The molecule has 0 aliphatic heterocycles. The third-order valence-corrected chi connectivity index (χ3v) is 0. The van der Waals surface area contributed by atoms with Gasteiger partial charge in [0, 0.05) is 41.3 Å². The summed E-state index contributed by atoms with van der Waals surface area (Å²) in [4.78, 5) is 0. The normalized spacial score (nSPS) is 0. The van der Waals surface area contributed by atoms with Gasteiger partial charge in [-0.05, 0) is 0 Å². The molecule has 0 saturated carbocycles. The predicted octanol–water partition coefficient (Wildman–Crippen LogP) is -1.04. The summed E-state index contributed by atoms with van der Waals surface area (Å²) >= 11 is 0. The quantitative estimate of drug-likeness (QED) is 0.494. The Bertz CT molecular complexity index is 8.00. The minimum absolute atomic E-state index is 0. The maximum atomic E-state index is 0. The van der Waals surface area contributed by atoms with Crippen LogP contribution in [-0.4, -0.2) is 37.7 Å². The van der Waals surface area contributed by atoms with Gasteiger partial charge in [-0.2, -0.15) is 0 Å². The fraction of sp³-hybridized carbons (Fsp3) is 0. The molecule has 0 atom stereocenters. The van der Waals surface area contributed by atoms with E-state index in [1.54, 1.807) is 0 Å². The summed E-state index contributed by atoms with van der Waals surface area (Å²) in [6.45, 7) is 0. The summed E-state index contributed by atoms with van der Waals surface area (Å²) < 4.78 is 0. The molecule has 0 aromatic carbocycles. The van der Waals surface area contributed by atoms with E-state index >= 15 is 0 Å². The van der Waals surface area contributed by atoms with Crippen molar-refractivity contribution in [1.29, 1.82) is 0 Å². The molecule has 0 aliphatic rings. The first kappa shape index (κ1) is 27.5. The van der Waals surface area contributed by atoms with E-state index in [-0.39, 0.29) is 102 Å². The largest absolute Gasteiger partial charge is 2.00 e. The molecule has 0 spiro atoms. The molecule has 0 fully saturated rings. The second-order valence-corrected chi connectivity index (χ2v) is 0. The van der Waals surface area contributed by atoms with Crippen LogP contribution in [0.5, 0.6) is 0 Å².